The Morgan fingerprint density at radius 3 is 2.50 bits per heavy atom. The molecule has 0 saturated carbocycles. The fourth-order valence-electron chi connectivity index (χ4n) is 3.38. The van der Waals surface area contributed by atoms with Gasteiger partial charge in [0.25, 0.3) is 0 Å². The molecule has 4 rings (SSSR count). The van der Waals surface area contributed by atoms with E-state index in [4.69, 9.17) is 5.11 Å². The van der Waals surface area contributed by atoms with Gasteiger partial charge in [-0.3, -0.25) is 4.79 Å². The Balaban J connectivity index is 1.35. The average molecular weight is 395 g/mol. The van der Waals surface area contributed by atoms with Crippen molar-refractivity contribution in [2.75, 3.05) is 31.1 Å². The number of carbonyl (C=O) groups is 2. The predicted octanol–water partition coefficient (Wildman–Crippen LogP) is 3.28. The molecule has 144 valence electrons. The van der Waals surface area contributed by atoms with Crippen LogP contribution in [0.5, 0.6) is 0 Å². The minimum Gasteiger partial charge on any atom is -0.478 e. The third-order valence-electron chi connectivity index (χ3n) is 5.00. The lowest BCUT2D eigenvalue weighted by Crippen LogP contribution is -2.48. The molecule has 0 bridgehead atoms. The molecule has 1 aliphatic rings. The van der Waals surface area contributed by atoms with Crippen LogP contribution in [0.2, 0.25) is 0 Å². The van der Waals surface area contributed by atoms with Gasteiger partial charge in [0, 0.05) is 32.6 Å². The number of nitrogens with zero attached hydrogens (tertiary/aromatic N) is 3. The Morgan fingerprint density at radius 1 is 1.04 bits per heavy atom. The summed E-state index contributed by atoms with van der Waals surface area (Å²) in [7, 11) is 0. The fraction of sp³-hybridized carbons (Fsp3) is 0.286. The van der Waals surface area contributed by atoms with E-state index in [1.807, 2.05) is 35.2 Å². The van der Waals surface area contributed by atoms with E-state index in [0.29, 0.717) is 19.5 Å². The van der Waals surface area contributed by atoms with Crippen LogP contribution in [0.4, 0.5) is 5.13 Å². The van der Waals surface area contributed by atoms with Crippen LogP contribution < -0.4 is 4.90 Å². The number of anilines is 1. The summed E-state index contributed by atoms with van der Waals surface area (Å²) >= 11 is 1.50. The van der Waals surface area contributed by atoms with E-state index in [-0.39, 0.29) is 11.5 Å². The summed E-state index contributed by atoms with van der Waals surface area (Å²) in [4.78, 5) is 32.4. The SMILES string of the molecule is O=C(O)c1ccc2nc(N3CCN(C(=O)CCc4ccccc4)CC3)sc2c1. The first-order chi connectivity index (χ1) is 13.6. The highest BCUT2D eigenvalue weighted by atomic mass is 32.1. The zero-order valence-corrected chi connectivity index (χ0v) is 16.2. The Bertz CT molecular complexity index is 995. The summed E-state index contributed by atoms with van der Waals surface area (Å²) in [5.41, 5.74) is 2.27. The maximum absolute atomic E-state index is 12.5. The second-order valence-electron chi connectivity index (χ2n) is 6.84. The molecule has 1 amide bonds. The molecular weight excluding hydrogens is 374 g/mol. The van der Waals surface area contributed by atoms with Gasteiger partial charge in [0.05, 0.1) is 15.8 Å². The molecule has 0 atom stereocenters. The lowest BCUT2D eigenvalue weighted by Gasteiger charge is -2.34. The summed E-state index contributed by atoms with van der Waals surface area (Å²) in [6.07, 6.45) is 1.30. The van der Waals surface area contributed by atoms with Crippen LogP contribution in [0, 0.1) is 0 Å². The standard InChI is InChI=1S/C21H21N3O3S/c25-19(9-6-15-4-2-1-3-5-15)23-10-12-24(13-11-23)21-22-17-8-7-16(20(26)27)14-18(17)28-21/h1-5,7-8,14H,6,9-13H2,(H,26,27). The van der Waals surface area contributed by atoms with Crippen LogP contribution in [0.25, 0.3) is 10.2 Å². The van der Waals surface area contributed by atoms with Crippen molar-refractivity contribution in [2.45, 2.75) is 12.8 Å². The van der Waals surface area contributed by atoms with Crippen molar-refractivity contribution in [3.05, 3.63) is 59.7 Å². The van der Waals surface area contributed by atoms with Crippen molar-refractivity contribution < 1.29 is 14.7 Å². The zero-order valence-electron chi connectivity index (χ0n) is 15.4. The van der Waals surface area contributed by atoms with E-state index in [9.17, 15) is 9.59 Å². The number of carboxylic acids is 1. The second kappa shape index (κ2) is 7.98. The number of aryl methyl sites for hydroxylation is 1. The molecule has 6 nitrogen and oxygen atoms in total. The molecule has 2 heterocycles. The van der Waals surface area contributed by atoms with Gasteiger partial charge in [0.1, 0.15) is 0 Å². The van der Waals surface area contributed by atoms with Crippen LogP contribution in [-0.4, -0.2) is 53.0 Å². The highest BCUT2D eigenvalue weighted by Gasteiger charge is 2.23. The van der Waals surface area contributed by atoms with E-state index in [0.717, 1.165) is 34.9 Å². The molecule has 1 saturated heterocycles. The molecule has 0 spiro atoms. The molecule has 0 radical (unpaired) electrons. The summed E-state index contributed by atoms with van der Waals surface area (Å²) in [6.45, 7) is 2.85. The Hall–Kier alpha value is -2.93. The van der Waals surface area contributed by atoms with Gasteiger partial charge in [-0.25, -0.2) is 9.78 Å². The van der Waals surface area contributed by atoms with E-state index in [1.54, 1.807) is 18.2 Å². The number of fused-ring (bicyclic) bond motifs is 1. The lowest BCUT2D eigenvalue weighted by molar-refractivity contribution is -0.131. The molecule has 3 aromatic rings. The van der Waals surface area contributed by atoms with Crippen LogP contribution in [0.15, 0.2) is 48.5 Å². The number of carbonyl (C=O) groups excluding carboxylic acids is 1. The van der Waals surface area contributed by atoms with Crippen LogP contribution in [0.1, 0.15) is 22.3 Å². The molecule has 2 aromatic carbocycles. The Morgan fingerprint density at radius 2 is 1.79 bits per heavy atom. The highest BCUT2D eigenvalue weighted by Crippen LogP contribution is 2.30. The average Bonchev–Trinajstić information content (AvgIpc) is 3.16. The van der Waals surface area contributed by atoms with Crippen LogP contribution in [0.3, 0.4) is 0 Å². The highest BCUT2D eigenvalue weighted by molar-refractivity contribution is 7.22. The smallest absolute Gasteiger partial charge is 0.335 e. The number of hydrogen-bond donors (Lipinski definition) is 1. The zero-order chi connectivity index (χ0) is 19.5. The number of thiazole rings is 1. The summed E-state index contributed by atoms with van der Waals surface area (Å²) in [6, 6.07) is 15.1. The van der Waals surface area contributed by atoms with Crippen molar-refractivity contribution in [1.82, 2.24) is 9.88 Å². The Kier molecular flexibility index (Phi) is 5.25. The third kappa shape index (κ3) is 3.99. The molecule has 7 heteroatoms. The monoisotopic (exact) mass is 395 g/mol. The van der Waals surface area contributed by atoms with Crippen LogP contribution in [-0.2, 0) is 11.2 Å². The number of rotatable bonds is 5. The number of hydrogen-bond acceptors (Lipinski definition) is 5. The van der Waals surface area contributed by atoms with Crippen LogP contribution >= 0.6 is 11.3 Å². The second-order valence-corrected chi connectivity index (χ2v) is 7.85. The number of benzene rings is 2. The van der Waals surface area contributed by atoms with Gasteiger partial charge in [0.2, 0.25) is 5.91 Å². The third-order valence-corrected chi connectivity index (χ3v) is 6.08. The first-order valence-corrected chi connectivity index (χ1v) is 10.1. The first kappa shape index (κ1) is 18.4. The van der Waals surface area contributed by atoms with E-state index in [2.05, 4.69) is 9.88 Å². The molecule has 0 unspecified atom stereocenters. The van der Waals surface area contributed by atoms with E-state index < -0.39 is 5.97 Å². The summed E-state index contributed by atoms with van der Waals surface area (Å²) in [5, 5.41) is 10.0. The van der Waals surface area contributed by atoms with Crippen molar-refractivity contribution in [3.8, 4) is 0 Å². The number of aromatic nitrogens is 1. The van der Waals surface area contributed by atoms with E-state index >= 15 is 0 Å². The Labute approximate surface area is 167 Å². The van der Waals surface area contributed by atoms with Gasteiger partial charge in [0.15, 0.2) is 5.13 Å². The predicted molar refractivity (Wildman–Crippen MR) is 110 cm³/mol. The molecule has 1 fully saturated rings. The first-order valence-electron chi connectivity index (χ1n) is 9.31. The minimum absolute atomic E-state index is 0.193. The molecule has 1 aliphatic heterocycles. The molecule has 0 aliphatic carbocycles. The normalized spacial score (nSPS) is 14.4. The fourth-order valence-corrected chi connectivity index (χ4v) is 4.44. The van der Waals surface area contributed by atoms with Gasteiger partial charge < -0.3 is 14.9 Å². The quantitative estimate of drug-likeness (QED) is 0.718. The molecule has 28 heavy (non-hydrogen) atoms. The van der Waals surface area contributed by atoms with Crippen molar-refractivity contribution in [3.63, 3.8) is 0 Å². The van der Waals surface area contributed by atoms with Gasteiger partial charge in [-0.2, -0.15) is 0 Å². The molecule has 1 aromatic heterocycles. The minimum atomic E-state index is -0.931. The van der Waals surface area contributed by atoms with Crippen molar-refractivity contribution in [2.24, 2.45) is 0 Å². The lowest BCUT2D eigenvalue weighted by atomic mass is 10.1. The number of amides is 1. The van der Waals surface area contributed by atoms with Gasteiger partial charge in [-0.15, -0.1) is 0 Å². The maximum Gasteiger partial charge on any atom is 0.335 e. The molecular formula is C21H21N3O3S. The summed E-state index contributed by atoms with van der Waals surface area (Å²) in [5.74, 6) is -0.738. The van der Waals surface area contributed by atoms with Crippen molar-refractivity contribution >= 4 is 38.6 Å². The molecule has 1 N–H and O–H groups in total. The van der Waals surface area contributed by atoms with Gasteiger partial charge in [-0.05, 0) is 30.2 Å². The number of carboxylic acid groups (broad SMARTS) is 1. The topological polar surface area (TPSA) is 73.7 Å². The summed E-state index contributed by atoms with van der Waals surface area (Å²) < 4.78 is 0.872. The van der Waals surface area contributed by atoms with E-state index in [1.165, 1.54) is 16.9 Å². The van der Waals surface area contributed by atoms with Gasteiger partial charge >= 0.3 is 5.97 Å². The van der Waals surface area contributed by atoms with Gasteiger partial charge in [-0.1, -0.05) is 41.7 Å². The van der Waals surface area contributed by atoms with Crippen molar-refractivity contribution in [1.29, 1.82) is 0 Å². The number of piperazine rings is 1. The number of aromatic carboxylic acids is 1. The largest absolute Gasteiger partial charge is 0.478 e. The maximum atomic E-state index is 12.5.